The van der Waals surface area contributed by atoms with Crippen LogP contribution in [0, 0.1) is 6.92 Å². The molecular weight excluding hydrogens is 296 g/mol. The topological polar surface area (TPSA) is 56.2 Å². The highest BCUT2D eigenvalue weighted by atomic mass is 32.1. The van der Waals surface area contributed by atoms with E-state index in [9.17, 15) is 0 Å². The molecule has 1 fully saturated rings. The molecule has 3 heterocycles. The van der Waals surface area contributed by atoms with Crippen LogP contribution in [0.1, 0.15) is 35.5 Å². The summed E-state index contributed by atoms with van der Waals surface area (Å²) in [6, 6.07) is 8.40. The molecule has 1 aliphatic rings. The summed E-state index contributed by atoms with van der Waals surface area (Å²) >= 11 is 1.84. The van der Waals surface area contributed by atoms with Crippen molar-refractivity contribution in [2.24, 2.45) is 0 Å². The zero-order valence-electron chi connectivity index (χ0n) is 12.6. The highest BCUT2D eigenvalue weighted by Crippen LogP contribution is 2.30. The van der Waals surface area contributed by atoms with Crippen LogP contribution in [0.4, 0.5) is 0 Å². The molecule has 0 radical (unpaired) electrons. The minimum atomic E-state index is 0.546. The molecule has 0 amide bonds. The van der Waals surface area contributed by atoms with Crippen LogP contribution in [0.2, 0.25) is 0 Å². The number of quaternary nitrogens is 1. The second kappa shape index (κ2) is 5.78. The number of fused-ring (bicyclic) bond motifs is 1. The van der Waals surface area contributed by atoms with Gasteiger partial charge in [0.15, 0.2) is 6.54 Å². The lowest BCUT2D eigenvalue weighted by molar-refractivity contribution is -0.921. The number of para-hydroxylation sites is 1. The van der Waals surface area contributed by atoms with Crippen molar-refractivity contribution in [1.29, 1.82) is 0 Å². The largest absolute Gasteiger partial charge is 0.420 e. The Bertz CT molecular complexity index is 748. The fourth-order valence-electron chi connectivity index (χ4n) is 3.21. The molecule has 1 saturated heterocycles. The summed E-state index contributed by atoms with van der Waals surface area (Å²) in [5, 5.41) is 9.32. The quantitative estimate of drug-likeness (QED) is 0.802. The van der Waals surface area contributed by atoms with Crippen LogP contribution in [0.15, 0.2) is 28.7 Å². The SMILES string of the molecule is Cc1nnc(C[NH+]2CCC[C@@H](c3nc4ccccc4s3)C2)o1. The number of nitrogens with zero attached hydrogens (tertiary/aromatic N) is 3. The van der Waals surface area contributed by atoms with Gasteiger partial charge in [-0.05, 0) is 25.0 Å². The minimum Gasteiger partial charge on any atom is -0.420 e. The first kappa shape index (κ1) is 13.8. The second-order valence-electron chi connectivity index (χ2n) is 5.95. The molecule has 1 aliphatic heterocycles. The molecule has 0 saturated carbocycles. The Morgan fingerprint density at radius 3 is 3.05 bits per heavy atom. The smallest absolute Gasteiger partial charge is 0.271 e. The van der Waals surface area contributed by atoms with Crippen molar-refractivity contribution < 1.29 is 9.32 Å². The number of rotatable bonds is 3. The van der Waals surface area contributed by atoms with Crippen LogP contribution in [0.25, 0.3) is 10.2 Å². The highest BCUT2D eigenvalue weighted by molar-refractivity contribution is 7.18. The number of benzene rings is 1. The summed E-state index contributed by atoms with van der Waals surface area (Å²) < 4.78 is 6.81. The Kier molecular flexibility index (Phi) is 3.63. The first-order valence-electron chi connectivity index (χ1n) is 7.76. The van der Waals surface area contributed by atoms with Gasteiger partial charge in [0.05, 0.1) is 29.2 Å². The highest BCUT2D eigenvalue weighted by Gasteiger charge is 2.28. The van der Waals surface area contributed by atoms with E-state index in [1.165, 1.54) is 34.0 Å². The summed E-state index contributed by atoms with van der Waals surface area (Å²) in [6.07, 6.45) is 2.45. The number of nitrogens with one attached hydrogen (secondary N) is 1. The van der Waals surface area contributed by atoms with Crippen molar-refractivity contribution in [2.45, 2.75) is 32.2 Å². The molecule has 22 heavy (non-hydrogen) atoms. The van der Waals surface area contributed by atoms with Gasteiger partial charge in [-0.25, -0.2) is 4.98 Å². The van der Waals surface area contributed by atoms with Crippen molar-refractivity contribution in [2.75, 3.05) is 13.1 Å². The van der Waals surface area contributed by atoms with Gasteiger partial charge in [-0.2, -0.15) is 0 Å². The van der Waals surface area contributed by atoms with Crippen molar-refractivity contribution in [1.82, 2.24) is 15.2 Å². The van der Waals surface area contributed by atoms with Gasteiger partial charge in [-0.3, -0.25) is 0 Å². The van der Waals surface area contributed by atoms with Gasteiger partial charge in [0.1, 0.15) is 5.01 Å². The Hall–Kier alpha value is -1.79. The van der Waals surface area contributed by atoms with Gasteiger partial charge in [-0.15, -0.1) is 21.5 Å². The molecule has 114 valence electrons. The molecule has 1 aromatic carbocycles. The predicted molar refractivity (Wildman–Crippen MR) is 85.0 cm³/mol. The summed E-state index contributed by atoms with van der Waals surface area (Å²) in [5.74, 6) is 1.94. The van der Waals surface area contributed by atoms with Crippen LogP contribution in [-0.2, 0) is 6.54 Å². The standard InChI is InChI=1S/C16H18N4OS/c1-11-18-19-15(21-11)10-20-8-4-5-12(9-20)16-17-13-6-2-3-7-14(13)22-16/h2-3,6-7,12H,4-5,8-10H2,1H3/p+1/t12-/m1/s1. The molecule has 1 N–H and O–H groups in total. The van der Waals surface area contributed by atoms with E-state index in [1.807, 2.05) is 18.3 Å². The summed E-state index contributed by atoms with van der Waals surface area (Å²) in [6.45, 7) is 4.93. The lowest BCUT2D eigenvalue weighted by Crippen LogP contribution is -3.12. The number of aryl methyl sites for hydroxylation is 1. The van der Waals surface area contributed by atoms with Crippen molar-refractivity contribution in [3.05, 3.63) is 41.1 Å². The third kappa shape index (κ3) is 2.76. The fraction of sp³-hybridized carbons (Fsp3) is 0.438. The van der Waals surface area contributed by atoms with E-state index >= 15 is 0 Å². The van der Waals surface area contributed by atoms with Crippen molar-refractivity contribution >= 4 is 21.6 Å². The Morgan fingerprint density at radius 2 is 2.23 bits per heavy atom. The van der Waals surface area contributed by atoms with Crippen LogP contribution >= 0.6 is 11.3 Å². The maximum absolute atomic E-state index is 5.52. The number of piperidine rings is 1. The fourth-order valence-corrected chi connectivity index (χ4v) is 4.31. The van der Waals surface area contributed by atoms with Crippen LogP contribution < -0.4 is 4.90 Å². The van der Waals surface area contributed by atoms with E-state index < -0.39 is 0 Å². The van der Waals surface area contributed by atoms with Crippen LogP contribution in [-0.4, -0.2) is 28.3 Å². The van der Waals surface area contributed by atoms with E-state index in [-0.39, 0.29) is 0 Å². The van der Waals surface area contributed by atoms with E-state index in [0.717, 1.165) is 24.5 Å². The summed E-state index contributed by atoms with van der Waals surface area (Å²) in [4.78, 5) is 6.35. The molecule has 1 unspecified atom stereocenters. The number of likely N-dealkylation sites (tertiary alicyclic amines) is 1. The third-order valence-electron chi connectivity index (χ3n) is 4.25. The monoisotopic (exact) mass is 315 g/mol. The number of hydrogen-bond acceptors (Lipinski definition) is 5. The van der Waals surface area contributed by atoms with Crippen LogP contribution in [0.3, 0.4) is 0 Å². The summed E-state index contributed by atoms with van der Waals surface area (Å²) in [5.41, 5.74) is 1.13. The molecule has 2 atom stereocenters. The van der Waals surface area contributed by atoms with Gasteiger partial charge in [0, 0.05) is 6.92 Å². The Morgan fingerprint density at radius 1 is 1.32 bits per heavy atom. The molecule has 0 aliphatic carbocycles. The lowest BCUT2D eigenvalue weighted by Gasteiger charge is -2.27. The van der Waals surface area contributed by atoms with Gasteiger partial charge >= 0.3 is 0 Å². The zero-order chi connectivity index (χ0) is 14.9. The van der Waals surface area contributed by atoms with Crippen molar-refractivity contribution in [3.8, 4) is 0 Å². The molecule has 0 bridgehead atoms. The third-order valence-corrected chi connectivity index (χ3v) is 5.45. The van der Waals surface area contributed by atoms with E-state index in [2.05, 4.69) is 34.5 Å². The zero-order valence-corrected chi connectivity index (χ0v) is 13.4. The molecule has 3 aromatic rings. The van der Waals surface area contributed by atoms with Crippen LogP contribution in [0.5, 0.6) is 0 Å². The molecule has 0 spiro atoms. The first-order chi connectivity index (χ1) is 10.8. The van der Waals surface area contributed by atoms with Gasteiger partial charge in [0.2, 0.25) is 5.89 Å². The average molecular weight is 315 g/mol. The maximum atomic E-state index is 5.52. The maximum Gasteiger partial charge on any atom is 0.271 e. The molecule has 2 aromatic heterocycles. The van der Waals surface area contributed by atoms with E-state index in [0.29, 0.717) is 11.8 Å². The molecular formula is C16H19N4OS+. The van der Waals surface area contributed by atoms with Gasteiger partial charge < -0.3 is 9.32 Å². The number of thiazole rings is 1. The molecule has 5 nitrogen and oxygen atoms in total. The van der Waals surface area contributed by atoms with Gasteiger partial charge in [0.25, 0.3) is 5.89 Å². The predicted octanol–water partition coefficient (Wildman–Crippen LogP) is 1.95. The second-order valence-corrected chi connectivity index (χ2v) is 7.02. The molecule has 4 rings (SSSR count). The Labute approximate surface area is 133 Å². The first-order valence-corrected chi connectivity index (χ1v) is 8.57. The van der Waals surface area contributed by atoms with Gasteiger partial charge in [-0.1, -0.05) is 12.1 Å². The van der Waals surface area contributed by atoms with E-state index in [1.54, 1.807) is 0 Å². The number of aromatic nitrogens is 3. The Balaban J connectivity index is 1.50. The van der Waals surface area contributed by atoms with E-state index in [4.69, 9.17) is 9.40 Å². The minimum absolute atomic E-state index is 0.546. The lowest BCUT2D eigenvalue weighted by atomic mass is 9.99. The normalized spacial score (nSPS) is 22.2. The average Bonchev–Trinajstić information content (AvgIpc) is 3.13. The summed E-state index contributed by atoms with van der Waals surface area (Å²) in [7, 11) is 0. The number of hydrogen-bond donors (Lipinski definition) is 1. The van der Waals surface area contributed by atoms with Crippen molar-refractivity contribution in [3.63, 3.8) is 0 Å². The molecule has 6 heteroatoms.